The highest BCUT2D eigenvalue weighted by molar-refractivity contribution is 5.83. The van der Waals surface area contributed by atoms with Gasteiger partial charge in [-0.15, -0.1) is 0 Å². The first-order valence-electron chi connectivity index (χ1n) is 6.82. The van der Waals surface area contributed by atoms with Gasteiger partial charge in [-0.3, -0.25) is 4.98 Å². The molecule has 0 aliphatic heterocycles. The molecule has 9 heteroatoms. The second-order valence-electron chi connectivity index (χ2n) is 4.95. The van der Waals surface area contributed by atoms with Crippen molar-refractivity contribution in [2.24, 2.45) is 0 Å². The van der Waals surface area contributed by atoms with Crippen LogP contribution in [0.5, 0.6) is 0 Å². The molecule has 2 N–H and O–H groups in total. The molecule has 0 unspecified atom stereocenters. The van der Waals surface area contributed by atoms with E-state index in [4.69, 9.17) is 5.11 Å². The Hall–Kier alpha value is -3.10. The summed E-state index contributed by atoms with van der Waals surface area (Å²) in [7, 11) is 0. The number of rotatable bonds is 3. The summed E-state index contributed by atoms with van der Waals surface area (Å²) in [6, 6.07) is 6.21. The van der Waals surface area contributed by atoms with Crippen LogP contribution in [-0.2, 0) is 12.7 Å². The van der Waals surface area contributed by atoms with Crippen molar-refractivity contribution in [2.45, 2.75) is 12.7 Å². The molecular formula is C15H11F3N4O2. The van der Waals surface area contributed by atoms with Crippen LogP contribution in [0.2, 0.25) is 0 Å². The van der Waals surface area contributed by atoms with Crippen molar-refractivity contribution in [3.63, 3.8) is 0 Å². The first-order valence-corrected chi connectivity index (χ1v) is 6.82. The second-order valence-corrected chi connectivity index (χ2v) is 4.95. The Bertz CT molecular complexity index is 888. The number of pyridine rings is 1. The summed E-state index contributed by atoms with van der Waals surface area (Å²) in [4.78, 5) is 14.6. The van der Waals surface area contributed by atoms with Crippen LogP contribution < -0.4 is 5.32 Å². The monoisotopic (exact) mass is 336 g/mol. The predicted molar refractivity (Wildman–Crippen MR) is 78.7 cm³/mol. The number of benzene rings is 1. The van der Waals surface area contributed by atoms with Crippen LogP contribution in [0.25, 0.3) is 16.6 Å². The van der Waals surface area contributed by atoms with Gasteiger partial charge < -0.3 is 10.4 Å². The van der Waals surface area contributed by atoms with Gasteiger partial charge in [0.2, 0.25) is 0 Å². The van der Waals surface area contributed by atoms with Gasteiger partial charge in [-0.25, -0.2) is 9.48 Å². The van der Waals surface area contributed by atoms with E-state index in [2.05, 4.69) is 15.4 Å². The van der Waals surface area contributed by atoms with E-state index >= 15 is 0 Å². The number of carbonyl (C=O) groups is 1. The van der Waals surface area contributed by atoms with E-state index in [0.717, 1.165) is 12.1 Å². The third-order valence-electron chi connectivity index (χ3n) is 3.41. The zero-order valence-corrected chi connectivity index (χ0v) is 12.1. The highest BCUT2D eigenvalue weighted by atomic mass is 19.4. The number of aromatic nitrogens is 3. The van der Waals surface area contributed by atoms with Crippen molar-refractivity contribution in [3.05, 3.63) is 54.0 Å². The van der Waals surface area contributed by atoms with Crippen molar-refractivity contribution in [3.8, 4) is 5.69 Å². The maximum absolute atomic E-state index is 12.7. The van der Waals surface area contributed by atoms with Gasteiger partial charge in [-0.05, 0) is 30.3 Å². The molecular weight excluding hydrogens is 325 g/mol. The summed E-state index contributed by atoms with van der Waals surface area (Å²) >= 11 is 0. The van der Waals surface area contributed by atoms with Crippen molar-refractivity contribution in [1.82, 2.24) is 20.1 Å². The van der Waals surface area contributed by atoms with E-state index in [-0.39, 0.29) is 6.54 Å². The number of amides is 1. The summed E-state index contributed by atoms with van der Waals surface area (Å²) in [5, 5.41) is 15.9. The molecule has 2 heterocycles. The number of hydrogen-bond donors (Lipinski definition) is 2. The van der Waals surface area contributed by atoms with Crippen molar-refractivity contribution < 1.29 is 23.1 Å². The topological polar surface area (TPSA) is 80.0 Å². The Morgan fingerprint density at radius 2 is 1.92 bits per heavy atom. The van der Waals surface area contributed by atoms with E-state index < -0.39 is 17.8 Å². The molecule has 0 spiro atoms. The number of carboxylic acid groups (broad SMARTS) is 1. The van der Waals surface area contributed by atoms with Crippen LogP contribution in [0.4, 0.5) is 18.0 Å². The van der Waals surface area contributed by atoms with E-state index in [1.54, 1.807) is 6.07 Å². The molecule has 0 saturated carbocycles. The highest BCUT2D eigenvalue weighted by Crippen LogP contribution is 2.30. The smallest absolute Gasteiger partial charge is 0.416 e. The van der Waals surface area contributed by atoms with E-state index in [1.807, 2.05) is 0 Å². The van der Waals surface area contributed by atoms with E-state index in [1.165, 1.54) is 29.2 Å². The minimum Gasteiger partial charge on any atom is -0.465 e. The number of nitrogens with zero attached hydrogens (tertiary/aromatic N) is 3. The van der Waals surface area contributed by atoms with Gasteiger partial charge >= 0.3 is 12.3 Å². The third-order valence-corrected chi connectivity index (χ3v) is 3.41. The Morgan fingerprint density at radius 1 is 1.21 bits per heavy atom. The largest absolute Gasteiger partial charge is 0.465 e. The van der Waals surface area contributed by atoms with E-state index in [0.29, 0.717) is 22.3 Å². The lowest BCUT2D eigenvalue weighted by atomic mass is 10.2. The zero-order chi connectivity index (χ0) is 17.3. The number of alkyl halides is 3. The summed E-state index contributed by atoms with van der Waals surface area (Å²) in [5.74, 6) is 0. The predicted octanol–water partition coefficient (Wildman–Crippen LogP) is 3.21. The molecule has 0 bridgehead atoms. The van der Waals surface area contributed by atoms with Gasteiger partial charge in [0.15, 0.2) is 0 Å². The SMILES string of the molecule is O=C(O)NCc1nn(-c2ccc(C(F)(F)F)cc2)c2cnccc12. The molecule has 0 saturated heterocycles. The van der Waals surface area contributed by atoms with Crippen LogP contribution in [-0.4, -0.2) is 26.0 Å². The Morgan fingerprint density at radius 3 is 2.54 bits per heavy atom. The standard InChI is InChI=1S/C15H11F3N4O2/c16-15(17,18)9-1-3-10(4-2-9)22-13-8-19-6-5-11(13)12(21-22)7-20-14(23)24/h1-6,8,20H,7H2,(H,23,24). The number of hydrogen-bond acceptors (Lipinski definition) is 3. The van der Waals surface area contributed by atoms with Gasteiger partial charge in [0.25, 0.3) is 0 Å². The molecule has 0 atom stereocenters. The fourth-order valence-corrected chi connectivity index (χ4v) is 2.31. The minimum atomic E-state index is -4.41. The Kier molecular flexibility index (Phi) is 3.84. The van der Waals surface area contributed by atoms with Crippen LogP contribution in [0.1, 0.15) is 11.3 Å². The molecule has 0 aliphatic carbocycles. The summed E-state index contributed by atoms with van der Waals surface area (Å²) in [5.41, 5.74) is 0.685. The second kappa shape index (κ2) is 5.84. The maximum atomic E-state index is 12.7. The fourth-order valence-electron chi connectivity index (χ4n) is 2.31. The number of nitrogens with one attached hydrogen (secondary N) is 1. The average molecular weight is 336 g/mol. The molecule has 2 aromatic heterocycles. The van der Waals surface area contributed by atoms with Crippen LogP contribution in [0, 0.1) is 0 Å². The van der Waals surface area contributed by atoms with Gasteiger partial charge in [-0.1, -0.05) is 0 Å². The number of fused-ring (bicyclic) bond motifs is 1. The highest BCUT2D eigenvalue weighted by Gasteiger charge is 2.30. The van der Waals surface area contributed by atoms with Crippen molar-refractivity contribution >= 4 is 17.0 Å². The van der Waals surface area contributed by atoms with Crippen molar-refractivity contribution in [2.75, 3.05) is 0 Å². The Labute approximate surface area is 133 Å². The quantitative estimate of drug-likeness (QED) is 0.770. The number of halogens is 3. The summed E-state index contributed by atoms with van der Waals surface area (Å²) in [6.07, 6.45) is -2.56. The zero-order valence-electron chi connectivity index (χ0n) is 12.1. The van der Waals surface area contributed by atoms with Crippen LogP contribution >= 0.6 is 0 Å². The van der Waals surface area contributed by atoms with E-state index in [9.17, 15) is 18.0 Å². The average Bonchev–Trinajstić information content (AvgIpc) is 2.91. The molecule has 1 aromatic carbocycles. The molecule has 0 radical (unpaired) electrons. The summed E-state index contributed by atoms with van der Waals surface area (Å²) < 4.78 is 39.4. The molecule has 0 fully saturated rings. The molecule has 3 rings (SSSR count). The first-order chi connectivity index (χ1) is 11.4. The van der Waals surface area contributed by atoms with Crippen LogP contribution in [0.15, 0.2) is 42.7 Å². The molecule has 6 nitrogen and oxygen atoms in total. The van der Waals surface area contributed by atoms with Gasteiger partial charge in [-0.2, -0.15) is 18.3 Å². The summed E-state index contributed by atoms with van der Waals surface area (Å²) in [6.45, 7) is -0.0243. The lowest BCUT2D eigenvalue weighted by Gasteiger charge is -2.08. The third kappa shape index (κ3) is 3.00. The van der Waals surface area contributed by atoms with Gasteiger partial charge in [0.1, 0.15) is 0 Å². The normalized spacial score (nSPS) is 11.6. The lowest BCUT2D eigenvalue weighted by Crippen LogP contribution is -2.20. The molecule has 24 heavy (non-hydrogen) atoms. The van der Waals surface area contributed by atoms with Gasteiger partial charge in [0.05, 0.1) is 35.2 Å². The molecule has 0 aliphatic rings. The molecule has 124 valence electrons. The fraction of sp³-hybridized carbons (Fsp3) is 0.133. The molecule has 1 amide bonds. The van der Waals surface area contributed by atoms with Crippen molar-refractivity contribution in [1.29, 1.82) is 0 Å². The lowest BCUT2D eigenvalue weighted by molar-refractivity contribution is -0.137. The minimum absolute atomic E-state index is 0.0243. The maximum Gasteiger partial charge on any atom is 0.416 e. The van der Waals surface area contributed by atoms with Crippen LogP contribution in [0.3, 0.4) is 0 Å². The molecule has 3 aromatic rings. The Balaban J connectivity index is 2.04. The van der Waals surface area contributed by atoms with Gasteiger partial charge in [0, 0.05) is 11.6 Å². The first kappa shape index (κ1) is 15.8.